The van der Waals surface area contributed by atoms with E-state index in [2.05, 4.69) is 11.9 Å². The van der Waals surface area contributed by atoms with E-state index in [9.17, 15) is 4.79 Å². The summed E-state index contributed by atoms with van der Waals surface area (Å²) in [6.07, 6.45) is 6.88. The number of carbonyl (C=O) groups is 1. The zero-order chi connectivity index (χ0) is 14.5. The van der Waals surface area contributed by atoms with Crippen LogP contribution >= 0.6 is 0 Å². The van der Waals surface area contributed by atoms with Crippen LogP contribution in [0.25, 0.3) is 0 Å². The minimum absolute atomic E-state index is 0.376. The Bertz CT molecular complexity index is 464. The topological polar surface area (TPSA) is 40.5 Å². The number of hydrogen-bond acceptors (Lipinski definition) is 2. The van der Waals surface area contributed by atoms with Crippen LogP contribution in [0.5, 0.6) is 0 Å². The van der Waals surface area contributed by atoms with E-state index in [0.717, 1.165) is 24.6 Å². The summed E-state index contributed by atoms with van der Waals surface area (Å²) in [5, 5.41) is 8.99. The second-order valence-electron chi connectivity index (χ2n) is 6.15. The standard InChI is InChI=1S/C17H25NO2/c1-13-10-15(17(19)20)8-9-16(13)12-18(2)11-14-6-4-3-5-7-14/h8-10,14H,3-7,11-12H2,1-2H3,(H,19,20). The Labute approximate surface area is 121 Å². The highest BCUT2D eigenvalue weighted by Crippen LogP contribution is 2.24. The van der Waals surface area contributed by atoms with Gasteiger partial charge in [0.05, 0.1) is 5.56 Å². The quantitative estimate of drug-likeness (QED) is 0.890. The molecule has 0 aromatic heterocycles. The van der Waals surface area contributed by atoms with Gasteiger partial charge >= 0.3 is 5.97 Å². The summed E-state index contributed by atoms with van der Waals surface area (Å²) in [5.41, 5.74) is 2.68. The lowest BCUT2D eigenvalue weighted by atomic mass is 9.89. The summed E-state index contributed by atoms with van der Waals surface area (Å²) in [7, 11) is 2.17. The fourth-order valence-electron chi connectivity index (χ4n) is 3.17. The number of carboxylic acid groups (broad SMARTS) is 1. The van der Waals surface area contributed by atoms with Crippen molar-refractivity contribution in [1.82, 2.24) is 4.90 Å². The van der Waals surface area contributed by atoms with Crippen LogP contribution in [0.15, 0.2) is 18.2 Å². The first kappa shape index (κ1) is 15.0. The van der Waals surface area contributed by atoms with E-state index in [1.54, 1.807) is 12.1 Å². The Hall–Kier alpha value is -1.35. The fourth-order valence-corrected chi connectivity index (χ4v) is 3.17. The SMILES string of the molecule is Cc1cc(C(=O)O)ccc1CN(C)CC1CCCCC1. The molecule has 0 radical (unpaired) electrons. The lowest BCUT2D eigenvalue weighted by molar-refractivity contribution is 0.0696. The molecule has 110 valence electrons. The molecule has 1 aliphatic rings. The molecular weight excluding hydrogens is 250 g/mol. The number of hydrogen-bond donors (Lipinski definition) is 1. The smallest absolute Gasteiger partial charge is 0.335 e. The maximum Gasteiger partial charge on any atom is 0.335 e. The van der Waals surface area contributed by atoms with Gasteiger partial charge in [-0.3, -0.25) is 0 Å². The summed E-state index contributed by atoms with van der Waals surface area (Å²) in [4.78, 5) is 13.3. The van der Waals surface area contributed by atoms with Gasteiger partial charge in [0.25, 0.3) is 0 Å². The first-order valence-electron chi connectivity index (χ1n) is 7.57. The maximum atomic E-state index is 10.9. The molecule has 0 aliphatic heterocycles. The van der Waals surface area contributed by atoms with Crippen molar-refractivity contribution in [2.75, 3.05) is 13.6 Å². The summed E-state index contributed by atoms with van der Waals surface area (Å²) >= 11 is 0. The van der Waals surface area contributed by atoms with E-state index in [4.69, 9.17) is 5.11 Å². The number of nitrogens with zero attached hydrogens (tertiary/aromatic N) is 1. The first-order chi connectivity index (χ1) is 9.56. The second kappa shape index (κ2) is 6.89. The number of carboxylic acids is 1. The van der Waals surface area contributed by atoms with Gasteiger partial charge in [0, 0.05) is 13.1 Å². The molecule has 2 rings (SSSR count). The molecule has 1 saturated carbocycles. The highest BCUT2D eigenvalue weighted by Gasteiger charge is 2.16. The highest BCUT2D eigenvalue weighted by atomic mass is 16.4. The maximum absolute atomic E-state index is 10.9. The van der Waals surface area contributed by atoms with Crippen LogP contribution < -0.4 is 0 Å². The monoisotopic (exact) mass is 275 g/mol. The third kappa shape index (κ3) is 4.07. The Morgan fingerprint density at radius 2 is 2.00 bits per heavy atom. The van der Waals surface area contributed by atoms with Gasteiger partial charge < -0.3 is 10.0 Å². The van der Waals surface area contributed by atoms with Crippen molar-refractivity contribution in [3.8, 4) is 0 Å². The molecular formula is C17H25NO2. The van der Waals surface area contributed by atoms with E-state index in [1.807, 2.05) is 13.0 Å². The fraction of sp³-hybridized carbons (Fsp3) is 0.588. The number of rotatable bonds is 5. The molecule has 0 spiro atoms. The van der Waals surface area contributed by atoms with Crippen LogP contribution in [-0.4, -0.2) is 29.6 Å². The van der Waals surface area contributed by atoms with E-state index in [0.29, 0.717) is 5.56 Å². The minimum atomic E-state index is -0.852. The summed E-state index contributed by atoms with van der Waals surface area (Å²) < 4.78 is 0. The van der Waals surface area contributed by atoms with Crippen molar-refractivity contribution in [1.29, 1.82) is 0 Å². The average molecular weight is 275 g/mol. The third-order valence-corrected chi connectivity index (χ3v) is 4.32. The molecule has 0 amide bonds. The van der Waals surface area contributed by atoms with E-state index < -0.39 is 5.97 Å². The molecule has 3 nitrogen and oxygen atoms in total. The molecule has 0 unspecified atom stereocenters. The Balaban J connectivity index is 1.93. The van der Waals surface area contributed by atoms with Gasteiger partial charge in [0.1, 0.15) is 0 Å². The van der Waals surface area contributed by atoms with Gasteiger partial charge in [-0.1, -0.05) is 25.3 Å². The number of aromatic carboxylic acids is 1. The Morgan fingerprint density at radius 3 is 2.60 bits per heavy atom. The summed E-state index contributed by atoms with van der Waals surface area (Å²) in [5.74, 6) is -0.0115. The van der Waals surface area contributed by atoms with Gasteiger partial charge in [-0.2, -0.15) is 0 Å². The molecule has 0 atom stereocenters. The van der Waals surface area contributed by atoms with Crippen molar-refractivity contribution in [3.05, 3.63) is 34.9 Å². The highest BCUT2D eigenvalue weighted by molar-refractivity contribution is 5.87. The van der Waals surface area contributed by atoms with Gasteiger partial charge in [0.15, 0.2) is 0 Å². The van der Waals surface area contributed by atoms with Crippen LogP contribution in [0.1, 0.15) is 53.6 Å². The molecule has 0 heterocycles. The van der Waals surface area contributed by atoms with E-state index in [-0.39, 0.29) is 0 Å². The Kier molecular flexibility index (Phi) is 5.18. The summed E-state index contributed by atoms with van der Waals surface area (Å²) in [6.45, 7) is 4.05. The molecule has 1 fully saturated rings. The normalized spacial score (nSPS) is 16.6. The molecule has 0 saturated heterocycles. The van der Waals surface area contributed by atoms with Crippen LogP contribution in [0.4, 0.5) is 0 Å². The zero-order valence-electron chi connectivity index (χ0n) is 12.6. The van der Waals surface area contributed by atoms with Crippen LogP contribution in [0, 0.1) is 12.8 Å². The van der Waals surface area contributed by atoms with Crippen LogP contribution in [0.3, 0.4) is 0 Å². The van der Waals surface area contributed by atoms with Crippen LogP contribution in [-0.2, 0) is 6.54 Å². The van der Waals surface area contributed by atoms with Crippen molar-refractivity contribution in [3.63, 3.8) is 0 Å². The third-order valence-electron chi connectivity index (χ3n) is 4.32. The zero-order valence-corrected chi connectivity index (χ0v) is 12.6. The molecule has 1 aliphatic carbocycles. The van der Waals surface area contributed by atoms with Crippen LogP contribution in [0.2, 0.25) is 0 Å². The lowest BCUT2D eigenvalue weighted by Gasteiger charge is -2.27. The van der Waals surface area contributed by atoms with E-state index >= 15 is 0 Å². The molecule has 1 aromatic rings. The molecule has 0 bridgehead atoms. The minimum Gasteiger partial charge on any atom is -0.478 e. The lowest BCUT2D eigenvalue weighted by Crippen LogP contribution is -2.27. The van der Waals surface area contributed by atoms with Crippen molar-refractivity contribution in [2.24, 2.45) is 5.92 Å². The molecule has 1 N–H and O–H groups in total. The predicted molar refractivity (Wildman–Crippen MR) is 81.0 cm³/mol. The van der Waals surface area contributed by atoms with Gasteiger partial charge in [-0.05, 0) is 56.0 Å². The number of aryl methyl sites for hydroxylation is 1. The molecule has 3 heteroatoms. The summed E-state index contributed by atoms with van der Waals surface area (Å²) in [6, 6.07) is 5.43. The van der Waals surface area contributed by atoms with Gasteiger partial charge in [0.2, 0.25) is 0 Å². The first-order valence-corrected chi connectivity index (χ1v) is 7.57. The van der Waals surface area contributed by atoms with Gasteiger partial charge in [-0.15, -0.1) is 0 Å². The van der Waals surface area contributed by atoms with Crippen molar-refractivity contribution in [2.45, 2.75) is 45.6 Å². The molecule has 20 heavy (non-hydrogen) atoms. The number of benzene rings is 1. The molecule has 1 aromatic carbocycles. The second-order valence-corrected chi connectivity index (χ2v) is 6.15. The largest absolute Gasteiger partial charge is 0.478 e. The predicted octanol–water partition coefficient (Wildman–Crippen LogP) is 3.71. The van der Waals surface area contributed by atoms with Gasteiger partial charge in [-0.25, -0.2) is 4.79 Å². The average Bonchev–Trinajstić information content (AvgIpc) is 2.42. The Morgan fingerprint density at radius 1 is 1.30 bits per heavy atom. The van der Waals surface area contributed by atoms with E-state index in [1.165, 1.54) is 37.7 Å². The van der Waals surface area contributed by atoms with Crippen molar-refractivity contribution < 1.29 is 9.90 Å². The van der Waals surface area contributed by atoms with Crippen molar-refractivity contribution >= 4 is 5.97 Å².